The molecule has 0 atom stereocenters. The van der Waals surface area contributed by atoms with Crippen molar-refractivity contribution in [3.63, 3.8) is 0 Å². The third kappa shape index (κ3) is 3.41. The second kappa shape index (κ2) is 6.52. The first-order chi connectivity index (χ1) is 9.93. The highest BCUT2D eigenvalue weighted by Gasteiger charge is 2.14. The quantitative estimate of drug-likeness (QED) is 0.787. The van der Waals surface area contributed by atoms with E-state index in [0.29, 0.717) is 17.5 Å². The number of aromatic nitrogens is 2. The van der Waals surface area contributed by atoms with Crippen LogP contribution in [-0.2, 0) is 13.2 Å². The van der Waals surface area contributed by atoms with Crippen LogP contribution in [0.1, 0.15) is 49.2 Å². The number of aryl methyl sites for hydroxylation is 3. The molecule has 2 rings (SSSR count). The first-order valence-corrected chi connectivity index (χ1v) is 7.77. The molecule has 0 amide bonds. The molecule has 21 heavy (non-hydrogen) atoms. The molecule has 1 heterocycles. The number of hydrogen-bond acceptors (Lipinski definition) is 2. The van der Waals surface area contributed by atoms with Crippen LogP contribution in [0, 0.1) is 13.8 Å². The zero-order chi connectivity index (χ0) is 15.6. The summed E-state index contributed by atoms with van der Waals surface area (Å²) in [6, 6.07) is 6.38. The van der Waals surface area contributed by atoms with Gasteiger partial charge in [0.15, 0.2) is 0 Å². The van der Waals surface area contributed by atoms with Gasteiger partial charge in [0, 0.05) is 6.54 Å². The molecule has 0 aliphatic rings. The van der Waals surface area contributed by atoms with Gasteiger partial charge in [-0.3, -0.25) is 4.68 Å². The van der Waals surface area contributed by atoms with Gasteiger partial charge in [0.1, 0.15) is 12.4 Å². The summed E-state index contributed by atoms with van der Waals surface area (Å²) in [4.78, 5) is 0. The fraction of sp³-hybridized carbons (Fsp3) is 0.471. The number of rotatable bonds is 5. The Morgan fingerprint density at radius 2 is 2.00 bits per heavy atom. The van der Waals surface area contributed by atoms with Crippen molar-refractivity contribution >= 4 is 11.6 Å². The molecule has 1 aromatic heterocycles. The zero-order valence-corrected chi connectivity index (χ0v) is 14.2. The molecule has 0 spiro atoms. The summed E-state index contributed by atoms with van der Waals surface area (Å²) < 4.78 is 7.91. The fourth-order valence-electron chi connectivity index (χ4n) is 2.28. The molecule has 0 aliphatic carbocycles. The van der Waals surface area contributed by atoms with Crippen molar-refractivity contribution in [1.82, 2.24) is 9.78 Å². The Kier molecular flexibility index (Phi) is 4.94. The van der Waals surface area contributed by atoms with E-state index in [0.717, 1.165) is 29.2 Å². The van der Waals surface area contributed by atoms with Crippen LogP contribution >= 0.6 is 11.6 Å². The molecule has 0 fully saturated rings. The van der Waals surface area contributed by atoms with Gasteiger partial charge in [0.25, 0.3) is 0 Å². The topological polar surface area (TPSA) is 27.1 Å². The van der Waals surface area contributed by atoms with E-state index in [1.165, 1.54) is 5.56 Å². The molecule has 114 valence electrons. The van der Waals surface area contributed by atoms with Crippen molar-refractivity contribution in [3.05, 3.63) is 45.7 Å². The Labute approximate surface area is 131 Å². The van der Waals surface area contributed by atoms with Crippen molar-refractivity contribution in [2.45, 2.75) is 53.7 Å². The van der Waals surface area contributed by atoms with Crippen LogP contribution in [0.25, 0.3) is 0 Å². The lowest BCUT2D eigenvalue weighted by Gasteiger charge is -2.13. The van der Waals surface area contributed by atoms with Gasteiger partial charge < -0.3 is 4.74 Å². The molecule has 0 aliphatic heterocycles. The molecular weight excluding hydrogens is 284 g/mol. The summed E-state index contributed by atoms with van der Waals surface area (Å²) in [5, 5.41) is 5.12. The largest absolute Gasteiger partial charge is 0.487 e. The van der Waals surface area contributed by atoms with Crippen LogP contribution in [0.5, 0.6) is 5.75 Å². The number of benzene rings is 1. The Bertz CT molecular complexity index is 632. The van der Waals surface area contributed by atoms with Crippen LogP contribution in [0.15, 0.2) is 18.2 Å². The minimum absolute atomic E-state index is 0.440. The second-order valence-electron chi connectivity index (χ2n) is 5.63. The summed E-state index contributed by atoms with van der Waals surface area (Å²) in [5.41, 5.74) is 4.20. The van der Waals surface area contributed by atoms with E-state index in [9.17, 15) is 0 Å². The van der Waals surface area contributed by atoms with Gasteiger partial charge >= 0.3 is 0 Å². The van der Waals surface area contributed by atoms with Crippen molar-refractivity contribution in [3.8, 4) is 5.75 Å². The van der Waals surface area contributed by atoms with Crippen molar-refractivity contribution in [1.29, 1.82) is 0 Å². The van der Waals surface area contributed by atoms with Gasteiger partial charge in [0.05, 0.1) is 16.4 Å². The highest BCUT2D eigenvalue weighted by molar-refractivity contribution is 6.31. The van der Waals surface area contributed by atoms with Gasteiger partial charge in [-0.05, 0) is 43.9 Å². The van der Waals surface area contributed by atoms with Crippen LogP contribution in [0.2, 0.25) is 5.02 Å². The third-order valence-electron chi connectivity index (χ3n) is 3.70. The summed E-state index contributed by atoms with van der Waals surface area (Å²) in [5.74, 6) is 1.40. The minimum atomic E-state index is 0.440. The van der Waals surface area contributed by atoms with Crippen LogP contribution in [0.4, 0.5) is 0 Å². The zero-order valence-electron chi connectivity index (χ0n) is 13.4. The lowest BCUT2D eigenvalue weighted by molar-refractivity contribution is 0.290. The first kappa shape index (κ1) is 15.9. The Morgan fingerprint density at radius 3 is 2.62 bits per heavy atom. The molecule has 1 aromatic carbocycles. The summed E-state index contributed by atoms with van der Waals surface area (Å²) in [6.07, 6.45) is 0. The average Bonchev–Trinajstić information content (AvgIpc) is 2.73. The maximum absolute atomic E-state index is 6.32. The maximum atomic E-state index is 6.32. The number of hydrogen-bond donors (Lipinski definition) is 0. The molecule has 4 heteroatoms. The molecule has 0 N–H and O–H groups in total. The van der Waals surface area contributed by atoms with E-state index in [1.54, 1.807) is 0 Å². The average molecular weight is 307 g/mol. The standard InChI is InChI=1S/C17H23ClN2O/c1-6-20-15(17(18)13(5)19-20)10-21-16-9-14(11(2)3)8-7-12(16)4/h7-9,11H,6,10H2,1-5H3. The van der Waals surface area contributed by atoms with Gasteiger partial charge in [-0.2, -0.15) is 5.10 Å². The Hall–Kier alpha value is -1.48. The minimum Gasteiger partial charge on any atom is -0.487 e. The lowest BCUT2D eigenvalue weighted by atomic mass is 10.0. The normalized spacial score (nSPS) is 11.2. The number of ether oxygens (including phenoxy) is 1. The van der Waals surface area contributed by atoms with E-state index in [-0.39, 0.29) is 0 Å². The van der Waals surface area contributed by atoms with E-state index < -0.39 is 0 Å². The van der Waals surface area contributed by atoms with Crippen molar-refractivity contribution < 1.29 is 4.74 Å². The maximum Gasteiger partial charge on any atom is 0.131 e. The molecule has 2 aromatic rings. The molecule has 0 radical (unpaired) electrons. The highest BCUT2D eigenvalue weighted by atomic mass is 35.5. The highest BCUT2D eigenvalue weighted by Crippen LogP contribution is 2.27. The van der Waals surface area contributed by atoms with Crippen molar-refractivity contribution in [2.24, 2.45) is 0 Å². The molecule has 0 bridgehead atoms. The third-order valence-corrected chi connectivity index (χ3v) is 4.19. The number of halogens is 1. The SMILES string of the molecule is CCn1nc(C)c(Cl)c1COc1cc(C(C)C)ccc1C. The van der Waals surface area contributed by atoms with Gasteiger partial charge in [-0.15, -0.1) is 0 Å². The predicted octanol–water partition coefficient (Wildman–Crippen LogP) is 4.88. The molecule has 3 nitrogen and oxygen atoms in total. The Morgan fingerprint density at radius 1 is 1.29 bits per heavy atom. The van der Waals surface area contributed by atoms with Crippen molar-refractivity contribution in [2.75, 3.05) is 0 Å². The van der Waals surface area contributed by atoms with Gasteiger partial charge in [-0.1, -0.05) is 37.6 Å². The van der Waals surface area contributed by atoms with Crippen LogP contribution in [0.3, 0.4) is 0 Å². The predicted molar refractivity (Wildman–Crippen MR) is 87.2 cm³/mol. The molecular formula is C17H23ClN2O. The Balaban J connectivity index is 2.22. The molecule has 0 saturated heterocycles. The molecule has 0 saturated carbocycles. The van der Waals surface area contributed by atoms with E-state index in [4.69, 9.17) is 16.3 Å². The monoisotopic (exact) mass is 306 g/mol. The first-order valence-electron chi connectivity index (χ1n) is 7.39. The molecule has 0 unspecified atom stereocenters. The summed E-state index contributed by atoms with van der Waals surface area (Å²) >= 11 is 6.32. The summed E-state index contributed by atoms with van der Waals surface area (Å²) in [6.45, 7) is 11.6. The second-order valence-corrected chi connectivity index (χ2v) is 6.01. The van der Waals surface area contributed by atoms with Crippen LogP contribution in [-0.4, -0.2) is 9.78 Å². The van der Waals surface area contributed by atoms with Crippen LogP contribution < -0.4 is 4.74 Å². The summed E-state index contributed by atoms with van der Waals surface area (Å²) in [7, 11) is 0. The van der Waals surface area contributed by atoms with Gasteiger partial charge in [0.2, 0.25) is 0 Å². The van der Waals surface area contributed by atoms with E-state index >= 15 is 0 Å². The fourth-order valence-corrected chi connectivity index (χ4v) is 2.47. The van der Waals surface area contributed by atoms with E-state index in [1.807, 2.05) is 11.6 Å². The van der Waals surface area contributed by atoms with Gasteiger partial charge in [-0.25, -0.2) is 0 Å². The van der Waals surface area contributed by atoms with E-state index in [2.05, 4.69) is 51.0 Å². The lowest BCUT2D eigenvalue weighted by Crippen LogP contribution is -2.07. The number of nitrogens with zero attached hydrogens (tertiary/aromatic N) is 2. The smallest absolute Gasteiger partial charge is 0.131 e.